The van der Waals surface area contributed by atoms with Gasteiger partial charge in [-0.1, -0.05) is 0 Å². The Morgan fingerprint density at radius 1 is 0.857 bits per heavy atom. The monoisotopic (exact) mass is 210 g/mol. The van der Waals surface area contributed by atoms with Gasteiger partial charge in [0.2, 0.25) is 0 Å². The summed E-state index contributed by atoms with van der Waals surface area (Å²) in [5, 5.41) is 4.54. The Hall–Kier alpha value is -0.160. The zero-order valence-electron chi connectivity index (χ0n) is 16.4. The summed E-state index contributed by atoms with van der Waals surface area (Å²) in [6.07, 6.45) is -5.48. The fourth-order valence-corrected chi connectivity index (χ4v) is 0.657. The molecule has 0 fully saturated rings. The largest absolute Gasteiger partial charge is 0.330 e. The molecule has 0 radical (unpaired) electrons. The van der Waals surface area contributed by atoms with Gasteiger partial charge in [0.25, 0.3) is 0 Å². The van der Waals surface area contributed by atoms with Crippen LogP contribution in [0.15, 0.2) is 0 Å². The summed E-state index contributed by atoms with van der Waals surface area (Å²) in [5.41, 5.74) is 10.6. The molecule has 0 bridgehead atoms. The molecule has 0 aromatic heterocycles. The molecule has 0 aliphatic heterocycles. The molecule has 0 saturated heterocycles. The van der Waals surface area contributed by atoms with E-state index in [0.29, 0.717) is 12.8 Å². The summed E-state index contributed by atoms with van der Waals surface area (Å²) in [5.74, 6) is 0. The van der Waals surface area contributed by atoms with Crippen molar-refractivity contribution in [3.8, 4) is 0 Å². The Labute approximate surface area is 99.0 Å². The molecule has 0 heterocycles. The van der Waals surface area contributed by atoms with E-state index < -0.39 is 25.7 Å². The van der Waals surface area contributed by atoms with Gasteiger partial charge in [0.1, 0.15) is 0 Å². The van der Waals surface area contributed by atoms with Gasteiger partial charge in [0.15, 0.2) is 0 Å². The average Bonchev–Trinajstić information content (AvgIpc) is 2.38. The van der Waals surface area contributed by atoms with Gasteiger partial charge >= 0.3 is 0 Å². The standard InChI is InChI=1S/C10H26N4/c11-5-3-9-13-7-1-2-8-14-10-4-6-12/h13-14H,1-12H2/i1D2,2D2,7D2,8D2. The molecule has 0 atom stereocenters. The first-order valence-corrected chi connectivity index (χ1v) is 4.77. The first-order chi connectivity index (χ1) is 9.87. The molecule has 4 nitrogen and oxygen atoms in total. The van der Waals surface area contributed by atoms with Crippen molar-refractivity contribution >= 4 is 0 Å². The summed E-state index contributed by atoms with van der Waals surface area (Å²) >= 11 is 0. The summed E-state index contributed by atoms with van der Waals surface area (Å²) in [6.45, 7) is -4.87. The number of hydrogen-bond donors (Lipinski definition) is 4. The second kappa shape index (κ2) is 12.8. The van der Waals surface area contributed by atoms with Crippen molar-refractivity contribution in [2.75, 3.05) is 39.2 Å². The van der Waals surface area contributed by atoms with E-state index in [-0.39, 0.29) is 26.2 Å². The van der Waals surface area contributed by atoms with Crippen LogP contribution in [0.25, 0.3) is 0 Å². The van der Waals surface area contributed by atoms with Crippen molar-refractivity contribution in [1.29, 1.82) is 0 Å². The summed E-state index contributed by atoms with van der Waals surface area (Å²) in [6, 6.07) is 0. The molecule has 6 N–H and O–H groups in total. The Balaban J connectivity index is 5.18. The fourth-order valence-electron chi connectivity index (χ4n) is 0.657. The zero-order chi connectivity index (χ0) is 17.7. The normalized spacial score (nSPS) is 23.3. The summed E-state index contributed by atoms with van der Waals surface area (Å²) in [4.78, 5) is 0. The van der Waals surface area contributed by atoms with E-state index in [0.717, 1.165) is 0 Å². The summed E-state index contributed by atoms with van der Waals surface area (Å²) in [7, 11) is 0. The average molecular weight is 210 g/mol. The van der Waals surface area contributed by atoms with E-state index in [1.165, 1.54) is 0 Å². The Bertz CT molecular complexity index is 305. The molecular formula is C10H26N4. The summed E-state index contributed by atoms with van der Waals surface area (Å²) < 4.78 is 62.3. The highest BCUT2D eigenvalue weighted by Crippen LogP contribution is 1.84. The van der Waals surface area contributed by atoms with Crippen LogP contribution in [0, 0.1) is 0 Å². The Morgan fingerprint density at radius 2 is 1.29 bits per heavy atom. The molecule has 0 aromatic rings. The van der Waals surface area contributed by atoms with Crippen LogP contribution in [-0.4, -0.2) is 39.2 Å². The van der Waals surface area contributed by atoms with Crippen LogP contribution in [-0.2, 0) is 0 Å². The van der Waals surface area contributed by atoms with Crippen LogP contribution < -0.4 is 22.1 Å². The lowest BCUT2D eigenvalue weighted by molar-refractivity contribution is 0.570. The van der Waals surface area contributed by atoms with Gasteiger partial charge in [0.05, 0.1) is 0 Å². The third-order valence-electron chi connectivity index (χ3n) is 1.38. The fraction of sp³-hybridized carbons (Fsp3) is 1.00. The molecule has 0 spiro atoms. The molecule has 0 aliphatic rings. The van der Waals surface area contributed by atoms with Crippen molar-refractivity contribution in [2.24, 2.45) is 11.5 Å². The maximum Gasteiger partial charge on any atom is 0.0428 e. The van der Waals surface area contributed by atoms with Gasteiger partial charge in [-0.25, -0.2) is 0 Å². The maximum atomic E-state index is 7.82. The van der Waals surface area contributed by atoms with E-state index in [9.17, 15) is 0 Å². The van der Waals surface area contributed by atoms with Gasteiger partial charge < -0.3 is 22.1 Å². The van der Waals surface area contributed by atoms with Crippen LogP contribution in [0.2, 0.25) is 0 Å². The molecule has 0 rings (SSSR count). The minimum atomic E-state index is -3.13. The molecule has 86 valence electrons. The molecule has 14 heavy (non-hydrogen) atoms. The van der Waals surface area contributed by atoms with Gasteiger partial charge in [0, 0.05) is 11.0 Å². The molecule has 0 aliphatic carbocycles. The highest BCUT2D eigenvalue weighted by atomic mass is 14.9. The van der Waals surface area contributed by atoms with Crippen LogP contribution in [0.3, 0.4) is 0 Å². The van der Waals surface area contributed by atoms with Crippen LogP contribution in [0.1, 0.15) is 36.6 Å². The second-order valence-electron chi connectivity index (χ2n) is 2.64. The van der Waals surface area contributed by atoms with Crippen molar-refractivity contribution < 1.29 is 11.0 Å². The Morgan fingerprint density at radius 3 is 1.64 bits per heavy atom. The molecular weight excluding hydrogens is 176 g/mol. The van der Waals surface area contributed by atoms with Crippen molar-refractivity contribution in [3.05, 3.63) is 0 Å². The zero-order valence-corrected chi connectivity index (χ0v) is 8.40. The molecule has 0 aromatic carbocycles. The second-order valence-corrected chi connectivity index (χ2v) is 2.64. The topological polar surface area (TPSA) is 76.1 Å². The van der Waals surface area contributed by atoms with Crippen LogP contribution in [0.5, 0.6) is 0 Å². The molecule has 0 unspecified atom stereocenters. The van der Waals surface area contributed by atoms with Crippen molar-refractivity contribution in [3.63, 3.8) is 0 Å². The molecule has 0 amide bonds. The number of nitrogens with two attached hydrogens (primary N) is 2. The third kappa shape index (κ3) is 11.8. The van der Waals surface area contributed by atoms with Gasteiger partial charge in [-0.2, -0.15) is 0 Å². The quantitative estimate of drug-likeness (QED) is 0.351. The van der Waals surface area contributed by atoms with E-state index in [1.54, 1.807) is 0 Å². The molecule has 0 saturated carbocycles. The predicted octanol–water partition coefficient (Wildman–Crippen LogP) is -0.357. The van der Waals surface area contributed by atoms with E-state index in [2.05, 4.69) is 10.6 Å². The van der Waals surface area contributed by atoms with Crippen LogP contribution in [0.4, 0.5) is 0 Å². The highest BCUT2D eigenvalue weighted by molar-refractivity contribution is 4.52. The van der Waals surface area contributed by atoms with Crippen molar-refractivity contribution in [1.82, 2.24) is 10.6 Å². The minimum Gasteiger partial charge on any atom is -0.330 e. The van der Waals surface area contributed by atoms with Gasteiger partial charge in [-0.05, 0) is 64.8 Å². The first kappa shape index (κ1) is 5.25. The van der Waals surface area contributed by atoms with E-state index in [1.807, 2.05) is 0 Å². The van der Waals surface area contributed by atoms with Gasteiger partial charge in [-0.3, -0.25) is 0 Å². The lowest BCUT2D eigenvalue weighted by Gasteiger charge is -2.04. The third-order valence-corrected chi connectivity index (χ3v) is 1.38. The number of hydrogen-bond acceptors (Lipinski definition) is 4. The smallest absolute Gasteiger partial charge is 0.0428 e. The van der Waals surface area contributed by atoms with Crippen molar-refractivity contribution in [2.45, 2.75) is 25.6 Å². The highest BCUT2D eigenvalue weighted by Gasteiger charge is 1.89. The Kier molecular flexibility index (Phi) is 4.82. The minimum absolute atomic E-state index is 0.0582. The lowest BCUT2D eigenvalue weighted by Crippen LogP contribution is -2.22. The SMILES string of the molecule is [2H]C([2H])(NCCCN)C([2H])([2H])C([2H])([2H])C([2H])([2H])NCCCN. The molecule has 4 heteroatoms. The van der Waals surface area contributed by atoms with E-state index >= 15 is 0 Å². The van der Waals surface area contributed by atoms with E-state index in [4.69, 9.17) is 22.4 Å². The number of nitrogens with one attached hydrogen (secondary N) is 2. The number of rotatable bonds is 11. The van der Waals surface area contributed by atoms with Crippen LogP contribution >= 0.6 is 0 Å². The predicted molar refractivity (Wildman–Crippen MR) is 62.3 cm³/mol. The first-order valence-electron chi connectivity index (χ1n) is 8.77. The van der Waals surface area contributed by atoms with Gasteiger partial charge in [-0.15, -0.1) is 0 Å². The lowest BCUT2D eigenvalue weighted by atomic mass is 10.3. The maximum absolute atomic E-state index is 7.82.